The number of furan rings is 1. The highest BCUT2D eigenvalue weighted by Gasteiger charge is 2.19. The molecule has 3 rings (SSSR count). The number of hydrogen-bond donors (Lipinski definition) is 0. The third kappa shape index (κ3) is 3.62. The SMILES string of the molecule is Cc1ccc(CN(C)C(=O)Cc2cc(Cl)c3c(c2)OCCO3)o1. The van der Waals surface area contributed by atoms with Crippen LogP contribution in [0.15, 0.2) is 28.7 Å². The molecule has 0 N–H and O–H groups in total. The fourth-order valence-electron chi connectivity index (χ4n) is 2.47. The molecule has 0 saturated heterocycles. The first-order valence-corrected chi connectivity index (χ1v) is 7.78. The molecule has 0 aliphatic carbocycles. The lowest BCUT2D eigenvalue weighted by Crippen LogP contribution is -2.27. The summed E-state index contributed by atoms with van der Waals surface area (Å²) in [5.41, 5.74) is 0.798. The third-order valence-corrected chi connectivity index (χ3v) is 3.91. The molecule has 0 bridgehead atoms. The first-order valence-electron chi connectivity index (χ1n) is 7.40. The lowest BCUT2D eigenvalue weighted by Gasteiger charge is -2.21. The number of nitrogens with zero attached hydrogens (tertiary/aromatic N) is 1. The predicted molar refractivity (Wildman–Crippen MR) is 86.1 cm³/mol. The van der Waals surface area contributed by atoms with Gasteiger partial charge in [-0.15, -0.1) is 0 Å². The number of benzene rings is 1. The largest absolute Gasteiger partial charge is 0.486 e. The van der Waals surface area contributed by atoms with Crippen molar-refractivity contribution in [3.05, 3.63) is 46.4 Å². The van der Waals surface area contributed by atoms with E-state index in [1.807, 2.05) is 25.1 Å². The van der Waals surface area contributed by atoms with E-state index in [4.69, 9.17) is 25.5 Å². The summed E-state index contributed by atoms with van der Waals surface area (Å²) in [6, 6.07) is 7.31. The molecule has 2 heterocycles. The molecule has 1 aromatic heterocycles. The van der Waals surface area contributed by atoms with Gasteiger partial charge in [0.2, 0.25) is 5.91 Å². The van der Waals surface area contributed by atoms with Crippen LogP contribution in [0.3, 0.4) is 0 Å². The molecule has 0 spiro atoms. The fraction of sp³-hybridized carbons (Fsp3) is 0.353. The number of ether oxygens (including phenoxy) is 2. The van der Waals surface area contributed by atoms with Crippen molar-refractivity contribution in [2.24, 2.45) is 0 Å². The van der Waals surface area contributed by atoms with Crippen LogP contribution in [0.1, 0.15) is 17.1 Å². The number of amides is 1. The monoisotopic (exact) mass is 335 g/mol. The zero-order chi connectivity index (χ0) is 16.4. The normalized spacial score (nSPS) is 13.0. The van der Waals surface area contributed by atoms with Crippen LogP contribution in [0, 0.1) is 6.92 Å². The van der Waals surface area contributed by atoms with Gasteiger partial charge in [0.05, 0.1) is 18.0 Å². The summed E-state index contributed by atoms with van der Waals surface area (Å²) in [5, 5.41) is 0.467. The topological polar surface area (TPSA) is 51.9 Å². The lowest BCUT2D eigenvalue weighted by atomic mass is 10.1. The minimum Gasteiger partial charge on any atom is -0.486 e. The van der Waals surface area contributed by atoms with E-state index in [0.29, 0.717) is 36.3 Å². The molecular weight excluding hydrogens is 318 g/mol. The van der Waals surface area contributed by atoms with Gasteiger partial charge in [-0.2, -0.15) is 0 Å². The van der Waals surface area contributed by atoms with E-state index in [9.17, 15) is 4.79 Å². The van der Waals surface area contributed by atoms with Crippen LogP contribution in [-0.4, -0.2) is 31.1 Å². The smallest absolute Gasteiger partial charge is 0.227 e. The highest BCUT2D eigenvalue weighted by atomic mass is 35.5. The second-order valence-corrected chi connectivity index (χ2v) is 5.95. The second-order valence-electron chi connectivity index (χ2n) is 5.54. The Bertz CT molecular complexity index is 725. The molecule has 1 aliphatic heterocycles. The molecule has 1 aliphatic rings. The molecule has 0 fully saturated rings. The Morgan fingerprint density at radius 2 is 2.04 bits per heavy atom. The number of hydrogen-bond acceptors (Lipinski definition) is 4. The van der Waals surface area contributed by atoms with Gasteiger partial charge in [0, 0.05) is 7.05 Å². The van der Waals surface area contributed by atoms with Crippen LogP contribution in [0.5, 0.6) is 11.5 Å². The van der Waals surface area contributed by atoms with E-state index < -0.39 is 0 Å². The third-order valence-electron chi connectivity index (χ3n) is 3.63. The Labute approximate surface area is 139 Å². The van der Waals surface area contributed by atoms with Crippen LogP contribution < -0.4 is 9.47 Å². The van der Waals surface area contributed by atoms with Crippen LogP contribution >= 0.6 is 11.6 Å². The molecule has 2 aromatic rings. The number of halogens is 1. The van der Waals surface area contributed by atoms with Crippen molar-refractivity contribution < 1.29 is 18.7 Å². The van der Waals surface area contributed by atoms with Crippen LogP contribution in [0.2, 0.25) is 5.02 Å². The maximum atomic E-state index is 12.4. The molecule has 0 unspecified atom stereocenters. The Kier molecular flexibility index (Phi) is 4.48. The zero-order valence-corrected chi connectivity index (χ0v) is 13.9. The molecule has 1 aromatic carbocycles. The predicted octanol–water partition coefficient (Wildman–Crippen LogP) is 3.21. The van der Waals surface area contributed by atoms with Gasteiger partial charge in [-0.3, -0.25) is 4.79 Å². The zero-order valence-electron chi connectivity index (χ0n) is 13.1. The van der Waals surface area contributed by atoms with E-state index >= 15 is 0 Å². The van der Waals surface area contributed by atoms with Gasteiger partial charge in [0.25, 0.3) is 0 Å². The van der Waals surface area contributed by atoms with E-state index in [1.54, 1.807) is 18.0 Å². The Morgan fingerprint density at radius 3 is 2.78 bits per heavy atom. The number of carbonyl (C=O) groups excluding carboxylic acids is 1. The Balaban J connectivity index is 1.68. The van der Waals surface area contributed by atoms with Gasteiger partial charge in [0.1, 0.15) is 24.7 Å². The van der Waals surface area contributed by atoms with Gasteiger partial charge in [-0.05, 0) is 36.8 Å². The summed E-state index contributed by atoms with van der Waals surface area (Å²) in [7, 11) is 1.75. The van der Waals surface area contributed by atoms with Crippen molar-refractivity contribution in [1.82, 2.24) is 4.90 Å². The van der Waals surface area contributed by atoms with Crippen LogP contribution in [-0.2, 0) is 17.8 Å². The lowest BCUT2D eigenvalue weighted by molar-refractivity contribution is -0.129. The quantitative estimate of drug-likeness (QED) is 0.861. The van der Waals surface area contributed by atoms with Crippen molar-refractivity contribution in [3.8, 4) is 11.5 Å². The minimum atomic E-state index is -0.0215. The Hall–Kier alpha value is -2.14. The Morgan fingerprint density at radius 1 is 1.26 bits per heavy atom. The number of likely N-dealkylation sites (N-methyl/N-ethyl adjacent to an activating group) is 1. The van der Waals surface area contributed by atoms with Crippen molar-refractivity contribution in [3.63, 3.8) is 0 Å². The molecular formula is C17H18ClNO4. The van der Waals surface area contributed by atoms with Crippen molar-refractivity contribution in [2.45, 2.75) is 19.9 Å². The molecule has 0 atom stereocenters. The van der Waals surface area contributed by atoms with E-state index in [-0.39, 0.29) is 12.3 Å². The van der Waals surface area contributed by atoms with E-state index in [1.165, 1.54) is 0 Å². The average Bonchev–Trinajstić information content (AvgIpc) is 2.92. The summed E-state index contributed by atoms with van der Waals surface area (Å²) in [4.78, 5) is 14.0. The maximum absolute atomic E-state index is 12.4. The summed E-state index contributed by atoms with van der Waals surface area (Å²) >= 11 is 6.20. The molecule has 23 heavy (non-hydrogen) atoms. The second kappa shape index (κ2) is 6.54. The number of rotatable bonds is 4. The van der Waals surface area contributed by atoms with Gasteiger partial charge >= 0.3 is 0 Å². The molecule has 5 nitrogen and oxygen atoms in total. The maximum Gasteiger partial charge on any atom is 0.227 e. The van der Waals surface area contributed by atoms with E-state index in [0.717, 1.165) is 17.1 Å². The summed E-state index contributed by atoms with van der Waals surface area (Å²) in [6.07, 6.45) is 0.243. The highest BCUT2D eigenvalue weighted by Crippen LogP contribution is 2.38. The highest BCUT2D eigenvalue weighted by molar-refractivity contribution is 6.32. The van der Waals surface area contributed by atoms with Crippen molar-refractivity contribution in [1.29, 1.82) is 0 Å². The van der Waals surface area contributed by atoms with Crippen molar-refractivity contribution in [2.75, 3.05) is 20.3 Å². The molecule has 122 valence electrons. The van der Waals surface area contributed by atoms with Crippen LogP contribution in [0.4, 0.5) is 0 Å². The number of carbonyl (C=O) groups is 1. The van der Waals surface area contributed by atoms with Gasteiger partial charge in [-0.1, -0.05) is 11.6 Å². The standard InChI is InChI=1S/C17H18ClNO4/c1-11-3-4-13(23-11)10-19(2)16(20)9-12-7-14(18)17-15(8-12)21-5-6-22-17/h3-4,7-8H,5-6,9-10H2,1-2H3. The summed E-state index contributed by atoms with van der Waals surface area (Å²) in [6.45, 7) is 3.28. The van der Waals surface area contributed by atoms with E-state index in [2.05, 4.69) is 0 Å². The molecule has 1 amide bonds. The average molecular weight is 336 g/mol. The van der Waals surface area contributed by atoms with Gasteiger partial charge in [-0.25, -0.2) is 0 Å². The van der Waals surface area contributed by atoms with Gasteiger partial charge < -0.3 is 18.8 Å². The summed E-state index contributed by atoms with van der Waals surface area (Å²) in [5.74, 6) is 2.72. The van der Waals surface area contributed by atoms with Gasteiger partial charge in [0.15, 0.2) is 11.5 Å². The molecule has 0 saturated carbocycles. The minimum absolute atomic E-state index is 0.0215. The molecule has 0 radical (unpaired) electrons. The molecule has 6 heteroatoms. The first kappa shape index (κ1) is 15.7. The van der Waals surface area contributed by atoms with Crippen LogP contribution in [0.25, 0.3) is 0 Å². The van der Waals surface area contributed by atoms with Crippen molar-refractivity contribution >= 4 is 17.5 Å². The number of fused-ring (bicyclic) bond motifs is 1. The first-order chi connectivity index (χ1) is 11.0. The fourth-order valence-corrected chi connectivity index (χ4v) is 2.76. The number of aryl methyl sites for hydroxylation is 1. The summed E-state index contributed by atoms with van der Waals surface area (Å²) < 4.78 is 16.5.